The van der Waals surface area contributed by atoms with Gasteiger partial charge in [0.25, 0.3) is 0 Å². The number of carbonyl (C=O) groups excluding carboxylic acids is 1. The second-order valence-electron chi connectivity index (χ2n) is 10.9. The smallest absolute Gasteiger partial charge is 0.240 e. The van der Waals surface area contributed by atoms with Crippen molar-refractivity contribution >= 4 is 45.9 Å². The monoisotopic (exact) mass is 591 g/mol. The van der Waals surface area contributed by atoms with Crippen LogP contribution < -0.4 is 16.4 Å². The zero-order chi connectivity index (χ0) is 27.6. The average molecular weight is 592 g/mol. The number of thioether (sulfide) groups is 2. The quantitative estimate of drug-likeness (QED) is 0.222. The molecular formula is C24H41N5O6S3. The summed E-state index contributed by atoms with van der Waals surface area (Å²) < 4.78 is 12.9. The summed E-state index contributed by atoms with van der Waals surface area (Å²) in [6, 6.07) is -1.26. The van der Waals surface area contributed by atoms with Crippen LogP contribution in [0.5, 0.6) is 0 Å². The summed E-state index contributed by atoms with van der Waals surface area (Å²) in [6.45, 7) is 7.70. The van der Waals surface area contributed by atoms with E-state index in [1.54, 1.807) is 6.26 Å². The van der Waals surface area contributed by atoms with E-state index in [-0.39, 0.29) is 23.2 Å². The Balaban J connectivity index is 1.51. The van der Waals surface area contributed by atoms with Gasteiger partial charge >= 0.3 is 0 Å². The first-order chi connectivity index (χ1) is 18.1. The molecule has 4 rings (SSSR count). The molecule has 3 aliphatic heterocycles. The van der Waals surface area contributed by atoms with Crippen LogP contribution in [0.15, 0.2) is 4.34 Å². The number of aliphatic hydroxyl groups is 3. The molecule has 0 unspecified atom stereocenters. The highest BCUT2D eigenvalue weighted by Gasteiger charge is 2.50. The van der Waals surface area contributed by atoms with Crippen molar-refractivity contribution < 1.29 is 29.6 Å². The second-order valence-corrected chi connectivity index (χ2v) is 14.5. The van der Waals surface area contributed by atoms with Crippen LogP contribution in [0.3, 0.4) is 0 Å². The standard InChI is InChI=1S/C24H41N5O6S3/c1-10(2)7-12-5-6-34-19-13(8-12)9-26-15(19)21(33)27-14(11(3)37-24-29-28-23(25)38-24)20-17(31)16(30)18(32)22(35-20)36-4/h10-20,22,26,30-32H,5-9H2,1-4H3,(H2,25,28)(H,27,33)/t11-,12-,13-,14+,15-,16-,17+,18+,19+,20+,22+/m0/s1. The predicted molar refractivity (Wildman–Crippen MR) is 149 cm³/mol. The van der Waals surface area contributed by atoms with Gasteiger partial charge in [-0.25, -0.2) is 0 Å². The fourth-order valence-electron chi connectivity index (χ4n) is 5.86. The predicted octanol–water partition coefficient (Wildman–Crippen LogP) is 0.686. The summed E-state index contributed by atoms with van der Waals surface area (Å²) in [7, 11) is 0. The average Bonchev–Trinajstić information content (AvgIpc) is 3.40. The van der Waals surface area contributed by atoms with Crippen LogP contribution in [0.25, 0.3) is 0 Å². The zero-order valence-electron chi connectivity index (χ0n) is 22.2. The minimum atomic E-state index is -1.42. The SMILES string of the molecule is CS[C@H]1O[C@H]([C@H](NC(=O)[C@H]2NC[C@@H]3C[C@H](CC(C)C)CCO[C@H]32)[C@H](C)Sc2nnc(N)s2)[C@H](O)[C@H](O)[C@H]1O. The summed E-state index contributed by atoms with van der Waals surface area (Å²) in [5.74, 6) is 1.21. The van der Waals surface area contributed by atoms with Crippen molar-refractivity contribution in [2.45, 2.75) is 97.7 Å². The number of aliphatic hydroxyl groups excluding tert-OH is 3. The molecule has 4 heterocycles. The molecule has 0 aromatic carbocycles. The van der Waals surface area contributed by atoms with Gasteiger partial charge in [-0.2, -0.15) is 0 Å². The number of amides is 1. The van der Waals surface area contributed by atoms with Gasteiger partial charge in [0.2, 0.25) is 11.0 Å². The largest absolute Gasteiger partial charge is 0.388 e. The van der Waals surface area contributed by atoms with Crippen molar-refractivity contribution in [3.05, 3.63) is 0 Å². The number of carbonyl (C=O) groups is 1. The van der Waals surface area contributed by atoms with Crippen LogP contribution in [0.1, 0.15) is 40.0 Å². The van der Waals surface area contributed by atoms with Crippen molar-refractivity contribution in [3.63, 3.8) is 0 Å². The Morgan fingerprint density at radius 3 is 2.66 bits per heavy atom. The third kappa shape index (κ3) is 6.95. The molecule has 38 heavy (non-hydrogen) atoms. The fraction of sp³-hybridized carbons (Fsp3) is 0.875. The van der Waals surface area contributed by atoms with Crippen molar-refractivity contribution in [2.24, 2.45) is 17.8 Å². The molecule has 3 saturated heterocycles. The fourth-order valence-corrected chi connectivity index (χ4v) is 8.56. The zero-order valence-corrected chi connectivity index (χ0v) is 24.7. The van der Waals surface area contributed by atoms with E-state index in [9.17, 15) is 20.1 Å². The second kappa shape index (κ2) is 13.3. The molecule has 1 aromatic heterocycles. The highest BCUT2D eigenvalue weighted by molar-refractivity contribution is 8.01. The molecule has 7 N–H and O–H groups in total. The van der Waals surface area contributed by atoms with Crippen molar-refractivity contribution in [1.82, 2.24) is 20.8 Å². The van der Waals surface area contributed by atoms with Crippen LogP contribution in [-0.2, 0) is 14.3 Å². The number of nitrogen functional groups attached to an aromatic ring is 1. The van der Waals surface area contributed by atoms with E-state index in [2.05, 4.69) is 34.7 Å². The molecule has 3 fully saturated rings. The molecule has 3 aliphatic rings. The van der Waals surface area contributed by atoms with Crippen molar-refractivity contribution in [3.8, 4) is 0 Å². The molecule has 1 aromatic rings. The maximum absolute atomic E-state index is 13.7. The molecule has 0 saturated carbocycles. The van der Waals surface area contributed by atoms with E-state index >= 15 is 0 Å². The molecule has 0 aliphatic carbocycles. The molecule has 0 radical (unpaired) electrons. The first-order valence-electron chi connectivity index (χ1n) is 13.2. The molecule has 0 bridgehead atoms. The van der Waals surface area contributed by atoms with E-state index in [4.69, 9.17) is 15.2 Å². The van der Waals surface area contributed by atoms with Crippen LogP contribution in [0.4, 0.5) is 5.13 Å². The maximum atomic E-state index is 13.7. The van der Waals surface area contributed by atoms with Gasteiger partial charge in [-0.15, -0.1) is 22.0 Å². The number of nitrogens with one attached hydrogen (secondary N) is 2. The van der Waals surface area contributed by atoms with E-state index in [1.807, 2.05) is 6.92 Å². The summed E-state index contributed by atoms with van der Waals surface area (Å²) in [5.41, 5.74) is 4.99. The topological polar surface area (TPSA) is 172 Å². The lowest BCUT2D eigenvalue weighted by Gasteiger charge is -2.44. The molecule has 14 heteroatoms. The van der Waals surface area contributed by atoms with Crippen molar-refractivity contribution in [2.75, 3.05) is 25.1 Å². The number of fused-ring (bicyclic) bond motifs is 1. The number of ether oxygens (including phenoxy) is 2. The Labute approximate surface area is 236 Å². The minimum Gasteiger partial charge on any atom is -0.388 e. The van der Waals surface area contributed by atoms with Crippen LogP contribution in [0, 0.1) is 17.8 Å². The number of nitrogens with zero attached hydrogens (tertiary/aromatic N) is 2. The lowest BCUT2D eigenvalue weighted by atomic mass is 9.85. The molecule has 0 spiro atoms. The Bertz CT molecular complexity index is 926. The number of aromatic nitrogens is 2. The van der Waals surface area contributed by atoms with Gasteiger partial charge in [-0.1, -0.05) is 43.9 Å². The van der Waals surface area contributed by atoms with Crippen LogP contribution in [-0.4, -0.2) is 104 Å². The van der Waals surface area contributed by atoms with Gasteiger partial charge in [-0.05, 0) is 43.3 Å². The summed E-state index contributed by atoms with van der Waals surface area (Å²) in [5, 5.41) is 46.3. The molecular weight excluding hydrogens is 550 g/mol. The van der Waals surface area contributed by atoms with Gasteiger partial charge in [0.05, 0.1) is 12.1 Å². The summed E-state index contributed by atoms with van der Waals surface area (Å²) >= 11 is 3.81. The number of hydrogen-bond acceptors (Lipinski definition) is 13. The van der Waals surface area contributed by atoms with Crippen molar-refractivity contribution in [1.29, 1.82) is 0 Å². The third-order valence-electron chi connectivity index (χ3n) is 7.67. The van der Waals surface area contributed by atoms with Crippen LogP contribution >= 0.6 is 34.9 Å². The van der Waals surface area contributed by atoms with Gasteiger partial charge in [0.1, 0.15) is 35.9 Å². The lowest BCUT2D eigenvalue weighted by molar-refractivity contribution is -0.205. The van der Waals surface area contributed by atoms with Crippen LogP contribution in [0.2, 0.25) is 0 Å². The number of rotatable bonds is 9. The van der Waals surface area contributed by atoms with Gasteiger partial charge in [0, 0.05) is 18.4 Å². The maximum Gasteiger partial charge on any atom is 0.240 e. The molecule has 11 atom stereocenters. The third-order valence-corrected chi connectivity index (χ3v) is 10.6. The van der Waals surface area contributed by atoms with E-state index in [1.165, 1.54) is 34.9 Å². The summed E-state index contributed by atoms with van der Waals surface area (Å²) in [4.78, 5) is 13.7. The van der Waals surface area contributed by atoms with E-state index < -0.39 is 41.9 Å². The highest BCUT2D eigenvalue weighted by atomic mass is 32.2. The van der Waals surface area contributed by atoms with Gasteiger partial charge < -0.3 is 41.2 Å². The Hall–Kier alpha value is -0.710. The Morgan fingerprint density at radius 1 is 1.24 bits per heavy atom. The highest BCUT2D eigenvalue weighted by Crippen LogP contribution is 2.36. The lowest BCUT2D eigenvalue weighted by Crippen LogP contribution is -2.65. The first-order valence-corrected chi connectivity index (χ1v) is 16.2. The summed E-state index contributed by atoms with van der Waals surface area (Å²) in [6.07, 6.45) is -0.353. The number of hydrogen-bond donors (Lipinski definition) is 6. The number of nitrogens with two attached hydrogens (primary N) is 1. The van der Waals surface area contributed by atoms with E-state index in [0.29, 0.717) is 34.5 Å². The normalized spacial score (nSPS) is 37.4. The first kappa shape index (κ1) is 30.3. The minimum absolute atomic E-state index is 0.234. The van der Waals surface area contributed by atoms with Gasteiger partial charge in [0.15, 0.2) is 4.34 Å². The van der Waals surface area contributed by atoms with Gasteiger partial charge in [-0.3, -0.25) is 4.79 Å². The van der Waals surface area contributed by atoms with E-state index in [0.717, 1.165) is 19.3 Å². The Morgan fingerprint density at radius 2 is 2.00 bits per heavy atom. The molecule has 11 nitrogen and oxygen atoms in total. The Kier molecular flexibility index (Phi) is 10.6. The molecule has 1 amide bonds. The number of anilines is 1. The molecule has 216 valence electrons.